The molecule has 0 unspecified atom stereocenters. The number of aromatic carboxylic acids is 1. The zero-order valence-electron chi connectivity index (χ0n) is 11.8. The number of H-pyrrole nitrogens is 1. The van der Waals surface area contributed by atoms with E-state index >= 15 is 0 Å². The quantitative estimate of drug-likeness (QED) is 0.748. The molecule has 0 radical (unpaired) electrons. The zero-order chi connectivity index (χ0) is 16.6. The summed E-state index contributed by atoms with van der Waals surface area (Å²) >= 11 is 0. The molecule has 0 fully saturated rings. The molecule has 1 heterocycles. The van der Waals surface area contributed by atoms with Crippen molar-refractivity contribution in [3.8, 4) is 0 Å². The van der Waals surface area contributed by atoms with Crippen LogP contribution in [0.25, 0.3) is 10.9 Å². The SMILES string of the molecule is O=C(O)c1ccc2[nH]c(Cc3ccc(C(F)(F)F)cc3)cc2c1. The average Bonchev–Trinajstić information content (AvgIpc) is 2.87. The molecule has 0 amide bonds. The predicted octanol–water partition coefficient (Wildman–Crippen LogP) is 4.48. The minimum Gasteiger partial charge on any atom is -0.478 e. The Morgan fingerprint density at radius 1 is 1.04 bits per heavy atom. The van der Waals surface area contributed by atoms with Crippen molar-refractivity contribution in [3.63, 3.8) is 0 Å². The van der Waals surface area contributed by atoms with E-state index in [9.17, 15) is 18.0 Å². The van der Waals surface area contributed by atoms with E-state index in [0.717, 1.165) is 34.3 Å². The van der Waals surface area contributed by atoms with Gasteiger partial charge in [-0.15, -0.1) is 0 Å². The summed E-state index contributed by atoms with van der Waals surface area (Å²) in [6.07, 6.45) is -3.90. The maximum Gasteiger partial charge on any atom is 0.416 e. The molecular weight excluding hydrogens is 307 g/mol. The highest BCUT2D eigenvalue weighted by atomic mass is 19.4. The lowest BCUT2D eigenvalue weighted by Gasteiger charge is -2.07. The highest BCUT2D eigenvalue weighted by molar-refractivity contribution is 5.93. The molecule has 2 aromatic carbocycles. The Balaban J connectivity index is 1.85. The van der Waals surface area contributed by atoms with Gasteiger partial charge in [0.05, 0.1) is 11.1 Å². The van der Waals surface area contributed by atoms with Crippen LogP contribution in [0.2, 0.25) is 0 Å². The number of nitrogens with one attached hydrogen (secondary N) is 1. The molecule has 1 aromatic heterocycles. The second kappa shape index (κ2) is 5.46. The van der Waals surface area contributed by atoms with E-state index in [4.69, 9.17) is 5.11 Å². The third-order valence-electron chi connectivity index (χ3n) is 3.60. The van der Waals surface area contributed by atoms with Gasteiger partial charge in [0.1, 0.15) is 0 Å². The van der Waals surface area contributed by atoms with Crippen molar-refractivity contribution in [1.29, 1.82) is 0 Å². The van der Waals surface area contributed by atoms with Gasteiger partial charge < -0.3 is 10.1 Å². The van der Waals surface area contributed by atoms with E-state index in [-0.39, 0.29) is 5.56 Å². The van der Waals surface area contributed by atoms with Gasteiger partial charge in [0.15, 0.2) is 0 Å². The smallest absolute Gasteiger partial charge is 0.416 e. The van der Waals surface area contributed by atoms with Crippen molar-refractivity contribution in [2.75, 3.05) is 0 Å². The first-order valence-electron chi connectivity index (χ1n) is 6.84. The summed E-state index contributed by atoms with van der Waals surface area (Å²) in [7, 11) is 0. The van der Waals surface area contributed by atoms with Gasteiger partial charge in [0.2, 0.25) is 0 Å². The van der Waals surface area contributed by atoms with Crippen LogP contribution in [0.15, 0.2) is 48.5 Å². The molecule has 0 aliphatic heterocycles. The molecule has 0 aliphatic rings. The highest BCUT2D eigenvalue weighted by Gasteiger charge is 2.29. The van der Waals surface area contributed by atoms with Crippen LogP contribution in [-0.2, 0) is 12.6 Å². The van der Waals surface area contributed by atoms with Crippen molar-refractivity contribution < 1.29 is 23.1 Å². The number of hydrogen-bond donors (Lipinski definition) is 2. The van der Waals surface area contributed by atoms with Crippen LogP contribution in [0.1, 0.15) is 27.2 Å². The summed E-state index contributed by atoms with van der Waals surface area (Å²) in [5.41, 5.74) is 1.85. The fourth-order valence-electron chi connectivity index (χ4n) is 2.45. The van der Waals surface area contributed by atoms with Gasteiger partial charge in [0.25, 0.3) is 0 Å². The molecular formula is C17H12F3NO2. The van der Waals surface area contributed by atoms with Crippen LogP contribution in [0, 0.1) is 0 Å². The number of alkyl halides is 3. The summed E-state index contributed by atoms with van der Waals surface area (Å²) < 4.78 is 37.6. The average molecular weight is 319 g/mol. The van der Waals surface area contributed by atoms with Crippen LogP contribution >= 0.6 is 0 Å². The number of hydrogen-bond acceptors (Lipinski definition) is 1. The minimum atomic E-state index is -4.34. The third-order valence-corrected chi connectivity index (χ3v) is 3.60. The molecule has 3 nitrogen and oxygen atoms in total. The fourth-order valence-corrected chi connectivity index (χ4v) is 2.45. The Bertz CT molecular complexity index is 864. The molecule has 3 aromatic rings. The lowest BCUT2D eigenvalue weighted by atomic mass is 10.1. The van der Waals surface area contributed by atoms with E-state index in [1.54, 1.807) is 18.2 Å². The molecule has 6 heteroatoms. The number of aromatic amines is 1. The Labute approximate surface area is 129 Å². The largest absolute Gasteiger partial charge is 0.478 e. The van der Waals surface area contributed by atoms with E-state index in [1.807, 2.05) is 0 Å². The van der Waals surface area contributed by atoms with Gasteiger partial charge >= 0.3 is 12.1 Å². The normalized spacial score (nSPS) is 11.8. The van der Waals surface area contributed by atoms with Crippen LogP contribution in [-0.4, -0.2) is 16.1 Å². The third kappa shape index (κ3) is 3.21. The molecule has 118 valence electrons. The Hall–Kier alpha value is -2.76. The Morgan fingerprint density at radius 2 is 1.74 bits per heavy atom. The summed E-state index contributed by atoms with van der Waals surface area (Å²) in [6.45, 7) is 0. The molecule has 0 saturated carbocycles. The van der Waals surface area contributed by atoms with Crippen LogP contribution in [0.5, 0.6) is 0 Å². The molecule has 0 atom stereocenters. The van der Waals surface area contributed by atoms with E-state index < -0.39 is 17.7 Å². The van der Waals surface area contributed by atoms with Gasteiger partial charge in [-0.05, 0) is 42.0 Å². The standard InChI is InChI=1S/C17H12F3NO2/c18-17(19,20)13-4-1-10(2-5-13)7-14-9-12-8-11(16(22)23)3-6-15(12)21-14/h1-6,8-9,21H,7H2,(H,22,23). The maximum absolute atomic E-state index is 12.5. The van der Waals surface area contributed by atoms with Crippen LogP contribution in [0.4, 0.5) is 13.2 Å². The first kappa shape index (κ1) is 15.1. The summed E-state index contributed by atoms with van der Waals surface area (Å²) in [5.74, 6) is -1.00. The summed E-state index contributed by atoms with van der Waals surface area (Å²) in [6, 6.07) is 11.5. The van der Waals surface area contributed by atoms with Crippen molar-refractivity contribution in [2.45, 2.75) is 12.6 Å². The molecule has 0 saturated heterocycles. The number of fused-ring (bicyclic) bond motifs is 1. The number of halogens is 3. The number of aromatic nitrogens is 1. The second-order valence-corrected chi connectivity index (χ2v) is 5.27. The summed E-state index contributed by atoms with van der Waals surface area (Å²) in [5, 5.41) is 9.73. The predicted molar refractivity (Wildman–Crippen MR) is 79.5 cm³/mol. The molecule has 0 spiro atoms. The maximum atomic E-state index is 12.5. The Kier molecular flexibility index (Phi) is 3.60. The Morgan fingerprint density at radius 3 is 2.35 bits per heavy atom. The number of carboxylic acids is 1. The monoisotopic (exact) mass is 319 g/mol. The molecule has 2 N–H and O–H groups in total. The lowest BCUT2D eigenvalue weighted by molar-refractivity contribution is -0.137. The van der Waals surface area contributed by atoms with Crippen LogP contribution < -0.4 is 0 Å². The van der Waals surface area contributed by atoms with Gasteiger partial charge in [-0.25, -0.2) is 4.79 Å². The van der Waals surface area contributed by atoms with Gasteiger partial charge in [0, 0.05) is 23.0 Å². The van der Waals surface area contributed by atoms with Crippen molar-refractivity contribution in [3.05, 3.63) is 70.9 Å². The first-order valence-corrected chi connectivity index (χ1v) is 6.84. The molecule has 23 heavy (non-hydrogen) atoms. The molecule has 0 aliphatic carbocycles. The highest BCUT2D eigenvalue weighted by Crippen LogP contribution is 2.29. The zero-order valence-corrected chi connectivity index (χ0v) is 11.8. The number of carbonyl (C=O) groups is 1. The topological polar surface area (TPSA) is 53.1 Å². The number of rotatable bonds is 3. The molecule has 0 bridgehead atoms. The van der Waals surface area contributed by atoms with E-state index in [2.05, 4.69) is 4.98 Å². The fraction of sp³-hybridized carbons (Fsp3) is 0.118. The van der Waals surface area contributed by atoms with E-state index in [1.165, 1.54) is 18.2 Å². The summed E-state index contributed by atoms with van der Waals surface area (Å²) in [4.78, 5) is 14.1. The lowest BCUT2D eigenvalue weighted by Crippen LogP contribution is -2.04. The second-order valence-electron chi connectivity index (χ2n) is 5.27. The van der Waals surface area contributed by atoms with Crippen molar-refractivity contribution >= 4 is 16.9 Å². The van der Waals surface area contributed by atoms with Gasteiger partial charge in [-0.1, -0.05) is 12.1 Å². The van der Waals surface area contributed by atoms with Crippen LogP contribution in [0.3, 0.4) is 0 Å². The number of carboxylic acid groups (broad SMARTS) is 1. The first-order chi connectivity index (χ1) is 10.8. The number of benzene rings is 2. The van der Waals surface area contributed by atoms with Gasteiger partial charge in [-0.3, -0.25) is 0 Å². The minimum absolute atomic E-state index is 0.192. The van der Waals surface area contributed by atoms with E-state index in [0.29, 0.717) is 6.42 Å². The van der Waals surface area contributed by atoms with Gasteiger partial charge in [-0.2, -0.15) is 13.2 Å². The van der Waals surface area contributed by atoms with Crippen molar-refractivity contribution in [2.24, 2.45) is 0 Å². The molecule has 3 rings (SSSR count). The van der Waals surface area contributed by atoms with Crippen molar-refractivity contribution in [1.82, 2.24) is 4.98 Å².